The Labute approximate surface area is 186 Å². The van der Waals surface area contributed by atoms with Gasteiger partial charge in [-0.25, -0.2) is 27.8 Å². The zero-order valence-corrected chi connectivity index (χ0v) is 19.2. The summed E-state index contributed by atoms with van der Waals surface area (Å²) in [6, 6.07) is -0.861. The van der Waals surface area contributed by atoms with Gasteiger partial charge >= 0.3 is 6.18 Å². The van der Waals surface area contributed by atoms with Gasteiger partial charge in [-0.2, -0.15) is 17.5 Å². The van der Waals surface area contributed by atoms with Gasteiger partial charge < -0.3 is 10.4 Å². The Morgan fingerprint density at radius 2 is 1.97 bits per heavy atom. The van der Waals surface area contributed by atoms with E-state index in [2.05, 4.69) is 20.3 Å². The van der Waals surface area contributed by atoms with Gasteiger partial charge in [0.05, 0.1) is 17.9 Å². The Hall–Kier alpha value is -1.90. The second-order valence-corrected chi connectivity index (χ2v) is 11.3. The number of alkyl halides is 4. The minimum atomic E-state index is -4.74. The van der Waals surface area contributed by atoms with Gasteiger partial charge in [-0.3, -0.25) is 0 Å². The van der Waals surface area contributed by atoms with E-state index >= 15 is 0 Å². The van der Waals surface area contributed by atoms with Crippen molar-refractivity contribution in [1.29, 1.82) is 0 Å². The van der Waals surface area contributed by atoms with Gasteiger partial charge in [0, 0.05) is 36.8 Å². The molecule has 3 rings (SSSR count). The summed E-state index contributed by atoms with van der Waals surface area (Å²) in [7, 11) is -3.55. The van der Waals surface area contributed by atoms with Gasteiger partial charge in [-0.1, -0.05) is 0 Å². The van der Waals surface area contributed by atoms with Crippen molar-refractivity contribution in [3.8, 4) is 10.7 Å². The molecule has 0 amide bonds. The van der Waals surface area contributed by atoms with E-state index in [4.69, 9.17) is 0 Å². The highest BCUT2D eigenvalue weighted by Crippen LogP contribution is 2.38. The number of thiazole rings is 1. The summed E-state index contributed by atoms with van der Waals surface area (Å²) in [6.45, 7) is 2.85. The molecule has 1 aliphatic heterocycles. The van der Waals surface area contributed by atoms with Crippen LogP contribution in [0.5, 0.6) is 0 Å². The Bertz CT molecular complexity index is 1070. The number of aromatic nitrogens is 3. The molecule has 0 spiro atoms. The van der Waals surface area contributed by atoms with Crippen molar-refractivity contribution in [2.75, 3.05) is 24.7 Å². The molecular formula is C18H23F4N5O3S2. The molecule has 32 heavy (non-hydrogen) atoms. The van der Waals surface area contributed by atoms with Crippen LogP contribution in [-0.2, 0) is 22.6 Å². The van der Waals surface area contributed by atoms with E-state index in [1.54, 1.807) is 13.8 Å². The van der Waals surface area contributed by atoms with Crippen LogP contribution >= 0.6 is 11.3 Å². The number of hydrogen-bond acceptors (Lipinski definition) is 8. The predicted molar refractivity (Wildman–Crippen MR) is 111 cm³/mol. The SMILES string of the molecule is CC(C)(O)Cc1cnc(-c2nc(N[C@H]3CCN(S(C)(=O)=O)C[C@H]3F)ncc2C(F)(F)F)s1. The van der Waals surface area contributed by atoms with E-state index in [9.17, 15) is 31.1 Å². The molecule has 1 saturated heterocycles. The van der Waals surface area contributed by atoms with Gasteiger partial charge in [0.1, 0.15) is 22.4 Å². The molecule has 178 valence electrons. The Kier molecular flexibility index (Phi) is 6.80. The Morgan fingerprint density at radius 1 is 1.28 bits per heavy atom. The van der Waals surface area contributed by atoms with Crippen LogP contribution in [0.25, 0.3) is 10.7 Å². The summed E-state index contributed by atoms with van der Waals surface area (Å²) in [5, 5.41) is 12.6. The normalized spacial score (nSPS) is 21.0. The van der Waals surface area contributed by atoms with Gasteiger partial charge in [0.25, 0.3) is 0 Å². The minimum absolute atomic E-state index is 0.00859. The third-order valence-electron chi connectivity index (χ3n) is 4.74. The maximum absolute atomic E-state index is 14.5. The average Bonchev–Trinajstić information content (AvgIpc) is 3.08. The molecule has 3 heterocycles. The maximum atomic E-state index is 14.5. The van der Waals surface area contributed by atoms with Gasteiger partial charge in [-0.05, 0) is 20.3 Å². The van der Waals surface area contributed by atoms with Gasteiger partial charge in [-0.15, -0.1) is 11.3 Å². The monoisotopic (exact) mass is 497 g/mol. The molecule has 0 saturated carbocycles. The number of nitrogens with one attached hydrogen (secondary N) is 1. The first-order valence-corrected chi connectivity index (χ1v) is 12.3. The second-order valence-electron chi connectivity index (χ2n) is 8.25. The minimum Gasteiger partial charge on any atom is -0.390 e. The van der Waals surface area contributed by atoms with E-state index in [0.29, 0.717) is 11.1 Å². The third-order valence-corrected chi connectivity index (χ3v) is 7.02. The van der Waals surface area contributed by atoms with E-state index < -0.39 is 45.3 Å². The van der Waals surface area contributed by atoms with Crippen LogP contribution < -0.4 is 5.32 Å². The van der Waals surface area contributed by atoms with Crippen LogP contribution in [0.3, 0.4) is 0 Å². The fourth-order valence-corrected chi connectivity index (χ4v) is 5.24. The summed E-state index contributed by atoms with van der Waals surface area (Å²) in [6.07, 6.45) is -3.05. The van der Waals surface area contributed by atoms with Crippen LogP contribution in [-0.4, -0.2) is 69.9 Å². The number of piperidine rings is 1. The van der Waals surface area contributed by atoms with Crippen LogP contribution in [0.4, 0.5) is 23.5 Å². The fourth-order valence-electron chi connectivity index (χ4n) is 3.25. The molecular weight excluding hydrogens is 474 g/mol. The number of halogens is 4. The highest BCUT2D eigenvalue weighted by molar-refractivity contribution is 7.88. The predicted octanol–water partition coefficient (Wildman–Crippen LogP) is 2.72. The summed E-state index contributed by atoms with van der Waals surface area (Å²) < 4.78 is 79.3. The van der Waals surface area contributed by atoms with E-state index in [-0.39, 0.29) is 36.9 Å². The molecule has 8 nitrogen and oxygen atoms in total. The smallest absolute Gasteiger partial charge is 0.390 e. The quantitative estimate of drug-likeness (QED) is 0.591. The standard InChI is InChI=1S/C18H23F4N5O3S2/c1-17(2,28)6-10-7-23-15(31-10)14-11(18(20,21)22)8-24-16(26-14)25-13-4-5-27(9-12(13)19)32(3,29)30/h7-8,12-13,28H,4-6,9H2,1-3H3,(H,24,25,26)/t12-,13+/m1/s1. The van der Waals surface area contributed by atoms with Crippen molar-refractivity contribution < 1.29 is 31.1 Å². The third kappa shape index (κ3) is 6.11. The molecule has 14 heteroatoms. The lowest BCUT2D eigenvalue weighted by Gasteiger charge is -2.33. The second kappa shape index (κ2) is 8.80. The van der Waals surface area contributed by atoms with Crippen LogP contribution in [0.1, 0.15) is 30.7 Å². The van der Waals surface area contributed by atoms with Crippen molar-refractivity contribution in [3.05, 3.63) is 22.8 Å². The lowest BCUT2D eigenvalue weighted by Crippen LogP contribution is -2.49. The first kappa shape index (κ1) is 24.7. The molecule has 1 fully saturated rings. The average molecular weight is 498 g/mol. The number of nitrogens with zero attached hydrogens (tertiary/aromatic N) is 4. The summed E-state index contributed by atoms with van der Waals surface area (Å²) in [4.78, 5) is 12.3. The summed E-state index contributed by atoms with van der Waals surface area (Å²) in [5.41, 5.74) is -2.60. The van der Waals surface area contributed by atoms with Crippen LogP contribution in [0, 0.1) is 0 Å². The largest absolute Gasteiger partial charge is 0.420 e. The molecule has 0 bridgehead atoms. The van der Waals surface area contributed by atoms with Crippen molar-refractivity contribution in [2.24, 2.45) is 0 Å². The van der Waals surface area contributed by atoms with Crippen molar-refractivity contribution in [1.82, 2.24) is 19.3 Å². The zero-order valence-electron chi connectivity index (χ0n) is 17.5. The van der Waals surface area contributed by atoms with Crippen LogP contribution in [0.2, 0.25) is 0 Å². The molecule has 0 aliphatic carbocycles. The first-order chi connectivity index (χ1) is 14.6. The first-order valence-electron chi connectivity index (χ1n) is 9.61. The molecule has 2 aromatic rings. The number of anilines is 1. The topological polar surface area (TPSA) is 108 Å². The lowest BCUT2D eigenvalue weighted by atomic mass is 10.1. The fraction of sp³-hybridized carbons (Fsp3) is 0.611. The zero-order chi connectivity index (χ0) is 23.9. The molecule has 2 aromatic heterocycles. The molecule has 0 aromatic carbocycles. The molecule has 0 radical (unpaired) electrons. The number of hydrogen-bond donors (Lipinski definition) is 2. The summed E-state index contributed by atoms with van der Waals surface area (Å²) in [5.74, 6) is -0.215. The Balaban J connectivity index is 1.87. The van der Waals surface area contributed by atoms with Gasteiger partial charge in [0.2, 0.25) is 16.0 Å². The highest BCUT2D eigenvalue weighted by Gasteiger charge is 2.37. The lowest BCUT2D eigenvalue weighted by molar-refractivity contribution is -0.137. The molecule has 1 aliphatic rings. The van der Waals surface area contributed by atoms with Gasteiger partial charge in [0.15, 0.2) is 0 Å². The number of sulfonamides is 1. The number of rotatable bonds is 6. The maximum Gasteiger partial charge on any atom is 0.420 e. The van der Waals surface area contributed by atoms with Crippen molar-refractivity contribution in [2.45, 2.75) is 50.7 Å². The van der Waals surface area contributed by atoms with Crippen molar-refractivity contribution in [3.63, 3.8) is 0 Å². The van der Waals surface area contributed by atoms with E-state index in [1.165, 1.54) is 6.20 Å². The summed E-state index contributed by atoms with van der Waals surface area (Å²) >= 11 is 0.965. The highest BCUT2D eigenvalue weighted by atomic mass is 32.2. The van der Waals surface area contributed by atoms with E-state index in [1.807, 2.05) is 0 Å². The molecule has 2 N–H and O–H groups in total. The Morgan fingerprint density at radius 3 is 2.53 bits per heavy atom. The molecule has 2 atom stereocenters. The number of aliphatic hydroxyl groups is 1. The molecule has 0 unspecified atom stereocenters. The van der Waals surface area contributed by atoms with Crippen molar-refractivity contribution >= 4 is 27.3 Å². The van der Waals surface area contributed by atoms with Crippen LogP contribution in [0.15, 0.2) is 12.4 Å². The van der Waals surface area contributed by atoms with E-state index in [0.717, 1.165) is 21.9 Å².